The van der Waals surface area contributed by atoms with Crippen molar-refractivity contribution >= 4 is 5.69 Å². The monoisotopic (exact) mass is 252 g/mol. The number of nitrogens with one attached hydrogen (secondary N) is 1. The summed E-state index contributed by atoms with van der Waals surface area (Å²) in [5, 5.41) is 9.99. The number of hydrogen-bond donors (Lipinski definition) is 0. The van der Waals surface area contributed by atoms with Gasteiger partial charge in [-0.15, -0.1) is 0 Å². The summed E-state index contributed by atoms with van der Waals surface area (Å²) in [5.41, 5.74) is 0.0810. The predicted octanol–water partition coefficient (Wildman–Crippen LogP) is -2.59. The molecule has 0 aliphatic carbocycles. The number of rotatable bonds is 1. The molecule has 1 aromatic rings. The van der Waals surface area contributed by atoms with Crippen molar-refractivity contribution in [1.29, 1.82) is 0 Å². The average molecular weight is 252 g/mol. The molecule has 0 atom stereocenters. The lowest BCUT2D eigenvalue weighted by Crippen LogP contribution is -3.00. The van der Waals surface area contributed by atoms with Crippen LogP contribution in [0.2, 0.25) is 0 Å². The van der Waals surface area contributed by atoms with Gasteiger partial charge in [-0.05, 0) is 0 Å². The molecular weight excluding hydrogens is 247 g/mol. The molecule has 54 valence electrons. The van der Waals surface area contributed by atoms with Gasteiger partial charge in [0, 0.05) is 12.1 Å². The summed E-state index contributed by atoms with van der Waals surface area (Å²) < 4.78 is 0. The van der Waals surface area contributed by atoms with E-state index in [0.717, 1.165) is 0 Å². The highest BCUT2D eigenvalue weighted by molar-refractivity contribution is 5.20. The molecule has 0 spiro atoms. The molecule has 1 aromatic heterocycles. The van der Waals surface area contributed by atoms with Crippen molar-refractivity contribution < 1.29 is 33.9 Å². The lowest BCUT2D eigenvalue weighted by molar-refractivity contribution is -0.420. The molecule has 0 unspecified atom stereocenters. The zero-order chi connectivity index (χ0) is 6.69. The summed E-state index contributed by atoms with van der Waals surface area (Å²) in [4.78, 5) is 12.1. The smallest absolute Gasteiger partial charge is 0.332 e. The highest BCUT2D eigenvalue weighted by Crippen LogP contribution is 2.02. The Labute approximate surface area is 74.4 Å². The Hall–Kier alpha value is -0.720. The molecule has 1 rings (SSSR count). The molecule has 5 heteroatoms. The number of H-pyrrole nitrogens is 1. The fourth-order valence-electron chi connectivity index (χ4n) is 0.497. The Morgan fingerprint density at radius 2 is 2.30 bits per heavy atom. The van der Waals surface area contributed by atoms with E-state index in [1.807, 2.05) is 0 Å². The van der Waals surface area contributed by atoms with E-state index in [0.29, 0.717) is 0 Å². The summed E-state index contributed by atoms with van der Waals surface area (Å²) in [6.07, 6.45) is 2.95. The Kier molecular flexibility index (Phi) is 3.85. The number of pyridine rings is 1. The van der Waals surface area contributed by atoms with Crippen LogP contribution in [0.1, 0.15) is 0 Å². The Balaban J connectivity index is 0.000000810. The van der Waals surface area contributed by atoms with Crippen LogP contribution in [-0.2, 0) is 0 Å². The largest absolute Gasteiger partial charge is 1.00 e. The normalized spacial score (nSPS) is 8.00. The summed E-state index contributed by atoms with van der Waals surface area (Å²) in [7, 11) is 0. The second kappa shape index (κ2) is 4.15. The topological polar surface area (TPSA) is 57.3 Å². The van der Waals surface area contributed by atoms with Crippen LogP contribution in [0.25, 0.3) is 0 Å². The van der Waals surface area contributed by atoms with Gasteiger partial charge in [-0.3, -0.25) is 10.1 Å². The number of aromatic nitrogens is 1. The first-order valence-corrected chi connectivity index (χ1v) is 2.41. The van der Waals surface area contributed by atoms with Crippen molar-refractivity contribution in [2.45, 2.75) is 0 Å². The molecular formula is C5H5IN2O2. The zero-order valence-corrected chi connectivity index (χ0v) is 7.11. The summed E-state index contributed by atoms with van der Waals surface area (Å²) >= 11 is 0. The van der Waals surface area contributed by atoms with Gasteiger partial charge in [0.25, 0.3) is 0 Å². The number of nitrogens with zero attached hydrogens (tertiary/aromatic N) is 1. The van der Waals surface area contributed by atoms with Crippen LogP contribution >= 0.6 is 0 Å². The Morgan fingerprint density at radius 1 is 1.60 bits per heavy atom. The highest BCUT2D eigenvalue weighted by atomic mass is 127. The molecule has 0 amide bonds. The molecule has 0 fully saturated rings. The molecule has 0 saturated carbocycles. The van der Waals surface area contributed by atoms with Crippen LogP contribution in [-0.4, -0.2) is 4.92 Å². The third kappa shape index (κ3) is 2.26. The van der Waals surface area contributed by atoms with E-state index >= 15 is 0 Å². The zero-order valence-electron chi connectivity index (χ0n) is 4.95. The lowest BCUT2D eigenvalue weighted by atomic mass is 10.4. The molecule has 4 nitrogen and oxygen atoms in total. The van der Waals surface area contributed by atoms with Crippen LogP contribution < -0.4 is 29.0 Å². The summed E-state index contributed by atoms with van der Waals surface area (Å²) in [6.45, 7) is 0. The van der Waals surface area contributed by atoms with Gasteiger partial charge in [-0.1, -0.05) is 0 Å². The minimum absolute atomic E-state index is 0. The maximum atomic E-state index is 9.99. The van der Waals surface area contributed by atoms with E-state index in [4.69, 9.17) is 0 Å². The molecule has 1 heterocycles. The van der Waals surface area contributed by atoms with Crippen LogP contribution in [0.15, 0.2) is 24.5 Å². The second-order valence-electron chi connectivity index (χ2n) is 1.52. The molecule has 0 aliphatic rings. The molecule has 0 saturated heterocycles. The molecule has 0 aromatic carbocycles. The van der Waals surface area contributed by atoms with E-state index in [2.05, 4.69) is 4.98 Å². The number of halogens is 1. The fraction of sp³-hybridized carbons (Fsp3) is 0. The molecule has 0 radical (unpaired) electrons. The summed E-state index contributed by atoms with van der Waals surface area (Å²) in [5.74, 6) is 0. The minimum Gasteiger partial charge on any atom is -1.00 e. The van der Waals surface area contributed by atoms with Gasteiger partial charge in [-0.2, -0.15) is 0 Å². The maximum Gasteiger partial charge on any atom is 0.332 e. The summed E-state index contributed by atoms with van der Waals surface area (Å²) in [6, 6.07) is 3.01. The first-order valence-electron chi connectivity index (χ1n) is 2.41. The number of hydrogen-bond acceptors (Lipinski definition) is 2. The average Bonchev–Trinajstić information content (AvgIpc) is 1.90. The Bertz CT molecular complexity index is 214. The highest BCUT2D eigenvalue weighted by Gasteiger charge is 2.04. The lowest BCUT2D eigenvalue weighted by Gasteiger charge is -1.81. The maximum absolute atomic E-state index is 9.99. The number of aromatic amines is 1. The SMILES string of the molecule is O=[N+]([O-])c1ccc[nH+]c1.[I-]. The third-order valence-electron chi connectivity index (χ3n) is 0.901. The first kappa shape index (κ1) is 9.28. The molecule has 10 heavy (non-hydrogen) atoms. The van der Waals surface area contributed by atoms with Crippen molar-refractivity contribution in [3.63, 3.8) is 0 Å². The van der Waals surface area contributed by atoms with E-state index in [9.17, 15) is 10.1 Å². The number of nitro groups is 1. The predicted molar refractivity (Wildman–Crippen MR) is 29.7 cm³/mol. The van der Waals surface area contributed by atoms with Crippen molar-refractivity contribution in [3.8, 4) is 0 Å². The van der Waals surface area contributed by atoms with Gasteiger partial charge < -0.3 is 24.0 Å². The van der Waals surface area contributed by atoms with Crippen molar-refractivity contribution in [2.24, 2.45) is 0 Å². The van der Waals surface area contributed by atoms with Crippen molar-refractivity contribution in [3.05, 3.63) is 34.6 Å². The third-order valence-corrected chi connectivity index (χ3v) is 0.901. The fourth-order valence-corrected chi connectivity index (χ4v) is 0.497. The van der Waals surface area contributed by atoms with Crippen molar-refractivity contribution in [1.82, 2.24) is 0 Å². The minimum atomic E-state index is -0.448. The molecule has 1 N–H and O–H groups in total. The molecule has 0 aliphatic heterocycles. The van der Waals surface area contributed by atoms with Crippen molar-refractivity contribution in [2.75, 3.05) is 0 Å². The van der Waals surface area contributed by atoms with Gasteiger partial charge in [0.05, 0.1) is 4.92 Å². The van der Waals surface area contributed by atoms with E-state index in [1.165, 1.54) is 12.3 Å². The van der Waals surface area contributed by atoms with Crippen LogP contribution in [0.3, 0.4) is 0 Å². The van der Waals surface area contributed by atoms with Crippen LogP contribution in [0, 0.1) is 10.1 Å². The Morgan fingerprint density at radius 3 is 2.60 bits per heavy atom. The first-order chi connectivity index (χ1) is 4.30. The van der Waals surface area contributed by atoms with Crippen LogP contribution in [0.5, 0.6) is 0 Å². The molecule has 0 bridgehead atoms. The van der Waals surface area contributed by atoms with E-state index in [1.54, 1.807) is 12.3 Å². The quantitative estimate of drug-likeness (QED) is 0.313. The van der Waals surface area contributed by atoms with E-state index < -0.39 is 4.92 Å². The second-order valence-corrected chi connectivity index (χ2v) is 1.52. The van der Waals surface area contributed by atoms with Crippen LogP contribution in [0.4, 0.5) is 5.69 Å². The standard InChI is InChI=1S/C5H4N2O2.HI/c8-7(9)5-2-1-3-6-4-5;/h1-4H;1H. The van der Waals surface area contributed by atoms with Gasteiger partial charge in [-0.25, -0.2) is 4.98 Å². The van der Waals surface area contributed by atoms with Gasteiger partial charge in [0.1, 0.15) is 0 Å². The van der Waals surface area contributed by atoms with Gasteiger partial charge in [0.15, 0.2) is 6.20 Å². The van der Waals surface area contributed by atoms with Gasteiger partial charge in [0.2, 0.25) is 6.20 Å². The van der Waals surface area contributed by atoms with Gasteiger partial charge >= 0.3 is 5.69 Å². The van der Waals surface area contributed by atoms with E-state index in [-0.39, 0.29) is 29.7 Å².